The Labute approximate surface area is 194 Å². The van der Waals surface area contributed by atoms with E-state index in [1.165, 1.54) is 37.3 Å². The van der Waals surface area contributed by atoms with Crippen molar-refractivity contribution in [2.75, 3.05) is 19.6 Å². The minimum absolute atomic E-state index is 0.0204. The van der Waals surface area contributed by atoms with Gasteiger partial charge in [0.05, 0.1) is 6.26 Å². The largest absolute Gasteiger partial charge is 0.470 e. The summed E-state index contributed by atoms with van der Waals surface area (Å²) in [6.07, 6.45) is 6.97. The van der Waals surface area contributed by atoms with E-state index in [9.17, 15) is 9.59 Å². The van der Waals surface area contributed by atoms with Gasteiger partial charge >= 0.3 is 0 Å². The fourth-order valence-corrected chi connectivity index (χ4v) is 4.99. The minimum atomic E-state index is -0.836. The third-order valence-electron chi connectivity index (χ3n) is 5.39. The molecule has 2 unspecified atom stereocenters. The first-order valence-electron chi connectivity index (χ1n) is 11.3. The second kappa shape index (κ2) is 12.6. The molecule has 2 aromatic rings. The number of amides is 2. The van der Waals surface area contributed by atoms with Crippen LogP contribution in [0.3, 0.4) is 0 Å². The number of piperidine rings is 1. The quantitative estimate of drug-likeness (QED) is 0.469. The summed E-state index contributed by atoms with van der Waals surface area (Å²) in [6, 6.07) is 11.2. The average Bonchev–Trinajstić information content (AvgIpc) is 3.33. The van der Waals surface area contributed by atoms with Crippen LogP contribution in [0.5, 0.6) is 5.75 Å². The van der Waals surface area contributed by atoms with E-state index in [1.807, 2.05) is 18.2 Å². The maximum Gasteiger partial charge on any atom is 0.287 e. The molecule has 0 aliphatic carbocycles. The molecule has 3 rings (SSSR count). The second-order valence-electron chi connectivity index (χ2n) is 8.07. The van der Waals surface area contributed by atoms with Crippen molar-refractivity contribution in [2.45, 2.75) is 56.3 Å². The van der Waals surface area contributed by atoms with Crippen molar-refractivity contribution in [3.63, 3.8) is 0 Å². The molecule has 32 heavy (non-hydrogen) atoms. The number of nitrogens with two attached hydrogens (primary N) is 1. The SMILES string of the molecule is CCCC(CNC(=O)c1ccco1)SC(Oc1cccc(CN2CCCCC2)c1)C(N)=O. The number of likely N-dealkylation sites (tertiary alicyclic amines) is 1. The highest BCUT2D eigenvalue weighted by Gasteiger charge is 2.24. The summed E-state index contributed by atoms with van der Waals surface area (Å²) in [4.78, 5) is 26.8. The Kier molecular flexibility index (Phi) is 9.49. The molecule has 7 nitrogen and oxygen atoms in total. The maximum atomic E-state index is 12.2. The molecule has 0 bridgehead atoms. The molecule has 1 aromatic carbocycles. The highest BCUT2D eigenvalue weighted by molar-refractivity contribution is 8.01. The second-order valence-corrected chi connectivity index (χ2v) is 9.44. The number of carbonyl (C=O) groups excluding carboxylic acids is 2. The third-order valence-corrected chi connectivity index (χ3v) is 6.75. The van der Waals surface area contributed by atoms with Gasteiger partial charge < -0.3 is 20.2 Å². The van der Waals surface area contributed by atoms with Gasteiger partial charge in [-0.1, -0.05) is 31.9 Å². The standard InChI is InChI=1S/C24H33N3O4S/c1-2-8-20(16-26-23(29)21-11-7-14-30-21)32-24(22(25)28)31-19-10-6-9-18(15-19)17-27-12-4-3-5-13-27/h6-7,9-11,14-15,20,24H,2-5,8,12-13,16-17H2,1H3,(H2,25,28)(H,26,29). The van der Waals surface area contributed by atoms with Crippen molar-refractivity contribution >= 4 is 23.6 Å². The van der Waals surface area contributed by atoms with Gasteiger partial charge in [-0.25, -0.2) is 0 Å². The van der Waals surface area contributed by atoms with E-state index in [0.717, 1.165) is 38.0 Å². The maximum absolute atomic E-state index is 12.2. The number of hydrogen-bond acceptors (Lipinski definition) is 6. The van der Waals surface area contributed by atoms with E-state index < -0.39 is 11.3 Å². The van der Waals surface area contributed by atoms with E-state index in [1.54, 1.807) is 12.1 Å². The molecule has 2 atom stereocenters. The Morgan fingerprint density at radius 3 is 2.72 bits per heavy atom. The number of benzene rings is 1. The molecule has 1 aliphatic rings. The first-order chi connectivity index (χ1) is 15.5. The van der Waals surface area contributed by atoms with Crippen molar-refractivity contribution in [1.82, 2.24) is 10.2 Å². The average molecular weight is 460 g/mol. The van der Waals surface area contributed by atoms with Gasteiger partial charge in [0.1, 0.15) is 5.75 Å². The molecule has 1 fully saturated rings. The van der Waals surface area contributed by atoms with Gasteiger partial charge in [0.25, 0.3) is 11.8 Å². The van der Waals surface area contributed by atoms with Gasteiger partial charge in [0.2, 0.25) is 5.44 Å². The number of thioether (sulfide) groups is 1. The predicted octanol–water partition coefficient (Wildman–Crippen LogP) is 3.79. The van der Waals surface area contributed by atoms with E-state index >= 15 is 0 Å². The topological polar surface area (TPSA) is 97.8 Å². The summed E-state index contributed by atoms with van der Waals surface area (Å²) in [5, 5.41) is 2.85. The van der Waals surface area contributed by atoms with E-state index in [-0.39, 0.29) is 16.9 Å². The molecule has 1 aromatic heterocycles. The lowest BCUT2D eigenvalue weighted by atomic mass is 10.1. The van der Waals surface area contributed by atoms with Crippen molar-refractivity contribution in [3.8, 4) is 5.75 Å². The van der Waals surface area contributed by atoms with Crippen LogP contribution in [0, 0.1) is 0 Å². The minimum Gasteiger partial charge on any atom is -0.470 e. The fraction of sp³-hybridized carbons (Fsp3) is 0.500. The Hall–Kier alpha value is -2.45. The predicted molar refractivity (Wildman–Crippen MR) is 127 cm³/mol. The van der Waals surface area contributed by atoms with Crippen LogP contribution in [0.4, 0.5) is 0 Å². The van der Waals surface area contributed by atoms with E-state index in [2.05, 4.69) is 23.2 Å². The Balaban J connectivity index is 1.58. The molecule has 0 saturated carbocycles. The van der Waals surface area contributed by atoms with Crippen LogP contribution in [0.1, 0.15) is 55.1 Å². The van der Waals surface area contributed by atoms with Gasteiger partial charge in [-0.05, 0) is 62.2 Å². The summed E-state index contributed by atoms with van der Waals surface area (Å²) in [5.74, 6) is 0.0812. The van der Waals surface area contributed by atoms with Gasteiger partial charge in [0.15, 0.2) is 5.76 Å². The van der Waals surface area contributed by atoms with E-state index in [4.69, 9.17) is 14.9 Å². The lowest BCUT2D eigenvalue weighted by Gasteiger charge is -2.26. The molecular formula is C24H33N3O4S. The van der Waals surface area contributed by atoms with Crippen molar-refractivity contribution in [1.29, 1.82) is 0 Å². The zero-order valence-electron chi connectivity index (χ0n) is 18.6. The number of rotatable bonds is 12. The van der Waals surface area contributed by atoms with Gasteiger partial charge in [-0.2, -0.15) is 0 Å². The number of carbonyl (C=O) groups is 2. The molecule has 8 heteroatoms. The zero-order valence-corrected chi connectivity index (χ0v) is 19.4. The molecule has 0 spiro atoms. The highest BCUT2D eigenvalue weighted by Crippen LogP contribution is 2.26. The molecule has 3 N–H and O–H groups in total. The highest BCUT2D eigenvalue weighted by atomic mass is 32.2. The normalized spacial score (nSPS) is 16.3. The first kappa shape index (κ1) is 24.2. The van der Waals surface area contributed by atoms with E-state index in [0.29, 0.717) is 12.3 Å². The number of hydrogen-bond donors (Lipinski definition) is 2. The molecule has 2 heterocycles. The summed E-state index contributed by atoms with van der Waals surface area (Å²) in [6.45, 7) is 5.57. The lowest BCUT2D eigenvalue weighted by molar-refractivity contribution is -0.121. The molecule has 0 radical (unpaired) electrons. The Morgan fingerprint density at radius 1 is 1.22 bits per heavy atom. The summed E-state index contributed by atoms with van der Waals surface area (Å²) in [7, 11) is 0. The lowest BCUT2D eigenvalue weighted by Crippen LogP contribution is -2.36. The Bertz CT molecular complexity index is 853. The number of ether oxygens (including phenoxy) is 1. The number of primary amides is 1. The van der Waals surface area contributed by atoms with Crippen LogP contribution in [0.2, 0.25) is 0 Å². The molecular weight excluding hydrogens is 426 g/mol. The van der Waals surface area contributed by atoms with Crippen LogP contribution < -0.4 is 15.8 Å². The van der Waals surface area contributed by atoms with Gasteiger partial charge in [-0.15, -0.1) is 11.8 Å². The van der Waals surface area contributed by atoms with Crippen LogP contribution in [-0.2, 0) is 11.3 Å². The fourth-order valence-electron chi connectivity index (χ4n) is 3.79. The Morgan fingerprint density at radius 2 is 2.03 bits per heavy atom. The first-order valence-corrected chi connectivity index (χ1v) is 12.2. The number of nitrogens with one attached hydrogen (secondary N) is 1. The van der Waals surface area contributed by atoms with Gasteiger partial charge in [-0.3, -0.25) is 14.5 Å². The molecule has 1 aliphatic heterocycles. The van der Waals surface area contributed by atoms with Crippen LogP contribution >= 0.6 is 11.8 Å². The summed E-state index contributed by atoms with van der Waals surface area (Å²) in [5.41, 5.74) is 5.98. The zero-order chi connectivity index (χ0) is 22.8. The monoisotopic (exact) mass is 459 g/mol. The number of nitrogens with zero attached hydrogens (tertiary/aromatic N) is 1. The summed E-state index contributed by atoms with van der Waals surface area (Å²) >= 11 is 1.35. The third kappa shape index (κ3) is 7.60. The number of furan rings is 1. The van der Waals surface area contributed by atoms with Crippen LogP contribution in [0.15, 0.2) is 47.1 Å². The summed E-state index contributed by atoms with van der Waals surface area (Å²) < 4.78 is 11.1. The van der Waals surface area contributed by atoms with Crippen molar-refractivity contribution in [2.24, 2.45) is 5.73 Å². The van der Waals surface area contributed by atoms with Crippen LogP contribution in [0.25, 0.3) is 0 Å². The van der Waals surface area contributed by atoms with Crippen molar-refractivity contribution < 1.29 is 18.7 Å². The van der Waals surface area contributed by atoms with Crippen molar-refractivity contribution in [3.05, 3.63) is 54.0 Å². The van der Waals surface area contributed by atoms with Gasteiger partial charge in [0, 0.05) is 18.3 Å². The molecule has 1 saturated heterocycles. The molecule has 174 valence electrons. The van der Waals surface area contributed by atoms with Crippen LogP contribution in [-0.4, -0.2) is 47.0 Å². The smallest absolute Gasteiger partial charge is 0.287 e. The molecule has 2 amide bonds.